The largest absolute Gasteiger partial charge is 0.493 e. The van der Waals surface area contributed by atoms with Crippen LogP contribution in [0, 0.1) is 11.8 Å². The minimum atomic E-state index is -0.793. The number of methoxy groups -OCH3 is 5. The van der Waals surface area contributed by atoms with Crippen molar-refractivity contribution in [3.8, 4) is 28.7 Å². The lowest BCUT2D eigenvalue weighted by atomic mass is 9.55. The van der Waals surface area contributed by atoms with E-state index >= 15 is 0 Å². The Balaban J connectivity index is 1.75. The van der Waals surface area contributed by atoms with E-state index in [9.17, 15) is 9.90 Å². The third kappa shape index (κ3) is 6.38. The van der Waals surface area contributed by atoms with Crippen molar-refractivity contribution < 1.29 is 33.6 Å². The standard InChI is InChI=1S/C31H45NO7/c1-20(2)31(19-28(33)34)22(11-12-23-24(31)18-27(37-5)30(39-7)29(23)38-6)14-16-32-15-8-9-21-10-13-25(35-3)26(17-21)36-4/h10,13,17-18,20,22,32H,8-9,11-12,14-16,19H2,1-7H3,(H,33,34). The van der Waals surface area contributed by atoms with Crippen LogP contribution in [-0.4, -0.2) is 59.7 Å². The predicted octanol–water partition coefficient (Wildman–Crippen LogP) is 5.27. The Morgan fingerprint density at radius 2 is 1.64 bits per heavy atom. The summed E-state index contributed by atoms with van der Waals surface area (Å²) >= 11 is 0. The highest BCUT2D eigenvalue weighted by Gasteiger charge is 2.49. The normalized spacial score (nSPS) is 18.4. The zero-order chi connectivity index (χ0) is 28.6. The number of hydrogen-bond donors (Lipinski definition) is 2. The van der Waals surface area contributed by atoms with Crippen molar-refractivity contribution in [3.05, 3.63) is 41.0 Å². The SMILES string of the molecule is COc1ccc(CCCNCCC2CCc3c(cc(OC)c(OC)c3OC)C2(CC(=O)O)C(C)C)cc1OC. The Bertz CT molecular complexity index is 1120. The molecule has 8 heteroatoms. The molecule has 216 valence electrons. The molecule has 0 spiro atoms. The van der Waals surface area contributed by atoms with Crippen LogP contribution in [0.15, 0.2) is 24.3 Å². The van der Waals surface area contributed by atoms with Gasteiger partial charge >= 0.3 is 5.97 Å². The summed E-state index contributed by atoms with van der Waals surface area (Å²) in [7, 11) is 8.12. The van der Waals surface area contributed by atoms with Crippen LogP contribution in [0.4, 0.5) is 0 Å². The fraction of sp³-hybridized carbons (Fsp3) is 0.581. The number of benzene rings is 2. The van der Waals surface area contributed by atoms with Crippen molar-refractivity contribution >= 4 is 5.97 Å². The summed E-state index contributed by atoms with van der Waals surface area (Å²) in [6, 6.07) is 8.03. The lowest BCUT2D eigenvalue weighted by Crippen LogP contribution is -2.46. The van der Waals surface area contributed by atoms with E-state index in [-0.39, 0.29) is 18.3 Å². The molecule has 2 unspecified atom stereocenters. The van der Waals surface area contributed by atoms with Crippen LogP contribution in [-0.2, 0) is 23.1 Å². The van der Waals surface area contributed by atoms with E-state index in [4.69, 9.17) is 23.7 Å². The van der Waals surface area contributed by atoms with Gasteiger partial charge in [0.25, 0.3) is 0 Å². The first-order valence-electron chi connectivity index (χ1n) is 13.7. The van der Waals surface area contributed by atoms with Gasteiger partial charge in [-0.2, -0.15) is 0 Å². The Hall–Kier alpha value is -3.13. The lowest BCUT2D eigenvalue weighted by Gasteiger charge is -2.48. The zero-order valence-electron chi connectivity index (χ0n) is 24.5. The molecule has 0 aliphatic heterocycles. The van der Waals surface area contributed by atoms with E-state index in [1.165, 1.54) is 5.56 Å². The molecule has 0 bridgehead atoms. The van der Waals surface area contributed by atoms with Crippen molar-refractivity contribution in [2.45, 2.75) is 57.8 Å². The second-order valence-corrected chi connectivity index (χ2v) is 10.5. The number of nitrogens with one attached hydrogen (secondary N) is 1. The van der Waals surface area contributed by atoms with E-state index in [1.54, 1.807) is 35.5 Å². The fourth-order valence-corrected chi connectivity index (χ4v) is 6.41. The summed E-state index contributed by atoms with van der Waals surface area (Å²) in [5.74, 6) is 2.76. The predicted molar refractivity (Wildman–Crippen MR) is 152 cm³/mol. The second-order valence-electron chi connectivity index (χ2n) is 10.5. The van der Waals surface area contributed by atoms with Crippen LogP contribution in [0.25, 0.3) is 0 Å². The van der Waals surface area contributed by atoms with Gasteiger partial charge in [-0.25, -0.2) is 0 Å². The van der Waals surface area contributed by atoms with Crippen molar-refractivity contribution in [3.63, 3.8) is 0 Å². The molecule has 0 amide bonds. The average Bonchev–Trinajstić information content (AvgIpc) is 2.93. The number of hydrogen-bond acceptors (Lipinski definition) is 7. The maximum absolute atomic E-state index is 12.3. The number of aryl methyl sites for hydroxylation is 1. The molecular weight excluding hydrogens is 498 g/mol. The van der Waals surface area contributed by atoms with Gasteiger partial charge in [-0.3, -0.25) is 4.79 Å². The third-order valence-electron chi connectivity index (χ3n) is 8.32. The molecule has 3 rings (SSSR count). The second kappa shape index (κ2) is 13.8. The molecule has 0 heterocycles. The molecular formula is C31H45NO7. The minimum absolute atomic E-state index is 0.0558. The third-order valence-corrected chi connectivity index (χ3v) is 8.32. The van der Waals surface area contributed by atoms with Crippen LogP contribution in [0.5, 0.6) is 28.7 Å². The Morgan fingerprint density at radius 3 is 2.23 bits per heavy atom. The van der Waals surface area contributed by atoms with Gasteiger partial charge in [0.05, 0.1) is 42.0 Å². The highest BCUT2D eigenvalue weighted by molar-refractivity contribution is 5.71. The van der Waals surface area contributed by atoms with Crippen molar-refractivity contribution in [2.75, 3.05) is 48.6 Å². The maximum Gasteiger partial charge on any atom is 0.304 e. The van der Waals surface area contributed by atoms with E-state index < -0.39 is 11.4 Å². The van der Waals surface area contributed by atoms with E-state index in [0.717, 1.165) is 67.8 Å². The van der Waals surface area contributed by atoms with Gasteiger partial charge in [-0.15, -0.1) is 0 Å². The summed E-state index contributed by atoms with van der Waals surface area (Å²) in [4.78, 5) is 12.3. The van der Waals surface area contributed by atoms with E-state index in [1.807, 2.05) is 18.2 Å². The molecule has 1 aliphatic rings. The summed E-state index contributed by atoms with van der Waals surface area (Å²) in [5, 5.41) is 13.7. The molecule has 0 saturated heterocycles. The first kappa shape index (κ1) is 30.4. The quantitative estimate of drug-likeness (QED) is 0.293. The molecule has 2 atom stereocenters. The summed E-state index contributed by atoms with van der Waals surface area (Å²) < 4.78 is 27.8. The van der Waals surface area contributed by atoms with Crippen LogP contribution in [0.2, 0.25) is 0 Å². The van der Waals surface area contributed by atoms with Gasteiger partial charge in [-0.05, 0) is 86.4 Å². The highest BCUT2D eigenvalue weighted by Crippen LogP contribution is 2.56. The number of rotatable bonds is 15. The van der Waals surface area contributed by atoms with Crippen LogP contribution >= 0.6 is 0 Å². The Labute approximate surface area is 232 Å². The van der Waals surface area contributed by atoms with Gasteiger partial charge in [0.15, 0.2) is 23.0 Å². The number of ether oxygens (including phenoxy) is 5. The summed E-state index contributed by atoms with van der Waals surface area (Å²) in [6.07, 6.45) is 4.55. The van der Waals surface area contributed by atoms with Gasteiger partial charge in [0.1, 0.15) is 0 Å². The van der Waals surface area contributed by atoms with E-state index in [2.05, 4.69) is 25.2 Å². The highest BCUT2D eigenvalue weighted by atomic mass is 16.5. The number of aliphatic carboxylic acids is 1. The fourth-order valence-electron chi connectivity index (χ4n) is 6.41. The first-order chi connectivity index (χ1) is 18.8. The topological polar surface area (TPSA) is 95.5 Å². The van der Waals surface area contributed by atoms with Crippen molar-refractivity contribution in [1.29, 1.82) is 0 Å². The maximum atomic E-state index is 12.3. The molecule has 0 aromatic heterocycles. The molecule has 2 aromatic rings. The lowest BCUT2D eigenvalue weighted by molar-refractivity contribution is -0.140. The molecule has 2 aromatic carbocycles. The van der Waals surface area contributed by atoms with Gasteiger partial charge < -0.3 is 34.1 Å². The molecule has 1 aliphatic carbocycles. The smallest absolute Gasteiger partial charge is 0.304 e. The Morgan fingerprint density at radius 1 is 0.949 bits per heavy atom. The number of carboxylic acid groups (broad SMARTS) is 1. The summed E-state index contributed by atoms with van der Waals surface area (Å²) in [5.41, 5.74) is 2.70. The monoisotopic (exact) mass is 543 g/mol. The molecule has 0 saturated carbocycles. The van der Waals surface area contributed by atoms with Gasteiger partial charge in [0.2, 0.25) is 5.75 Å². The molecule has 0 radical (unpaired) electrons. The molecule has 2 N–H and O–H groups in total. The van der Waals surface area contributed by atoms with Crippen LogP contribution in [0.1, 0.15) is 56.2 Å². The molecule has 8 nitrogen and oxygen atoms in total. The number of carboxylic acids is 1. The van der Waals surface area contributed by atoms with Gasteiger partial charge in [0, 0.05) is 11.0 Å². The molecule has 0 fully saturated rings. The zero-order valence-corrected chi connectivity index (χ0v) is 24.5. The van der Waals surface area contributed by atoms with Crippen molar-refractivity contribution in [2.24, 2.45) is 11.8 Å². The van der Waals surface area contributed by atoms with Crippen LogP contribution < -0.4 is 29.0 Å². The number of carbonyl (C=O) groups is 1. The number of fused-ring (bicyclic) bond motifs is 1. The van der Waals surface area contributed by atoms with Crippen molar-refractivity contribution in [1.82, 2.24) is 5.32 Å². The first-order valence-corrected chi connectivity index (χ1v) is 13.7. The Kier molecular flexibility index (Phi) is 10.7. The minimum Gasteiger partial charge on any atom is -0.493 e. The van der Waals surface area contributed by atoms with Gasteiger partial charge in [-0.1, -0.05) is 19.9 Å². The van der Waals surface area contributed by atoms with E-state index in [0.29, 0.717) is 17.2 Å². The summed E-state index contributed by atoms with van der Waals surface area (Å²) in [6.45, 7) is 5.96. The molecule has 39 heavy (non-hydrogen) atoms. The van der Waals surface area contributed by atoms with Crippen LogP contribution in [0.3, 0.4) is 0 Å². The average molecular weight is 544 g/mol.